The topological polar surface area (TPSA) is 91.8 Å². The maximum absolute atomic E-state index is 6.71. The first kappa shape index (κ1) is 64.5. The van der Waals surface area contributed by atoms with Gasteiger partial charge in [0, 0.05) is 157 Å². The molecule has 10 heteroatoms. The molecule has 0 saturated carbocycles. The van der Waals surface area contributed by atoms with Crippen molar-refractivity contribution in [2.75, 3.05) is 19.6 Å². The zero-order valence-corrected chi connectivity index (χ0v) is 61.2. The molecule has 6 heterocycles. The number of fused-ring (bicyclic) bond motifs is 20. The maximum Gasteiger partial charge on any atom is 0.137 e. The molecule has 0 N–H and O–H groups in total. The Morgan fingerprint density at radius 2 is 0.298 bits per heavy atom. The standard InChI is InChI=1S/C58H34N2O4.C46H30N2O2/c1-3-11-37(12-4-1)59(39-21-25-53-49(31-39)43-15-7-9-17-51(43)61-53)41-19-23-45-47-27-35-30-56-48(28-36(35)29-55(47)63-57(45)33-41)46-24-20-42(34-58(46)64-56)60(38-13-5-2-6-14-38)40-22-26-54-50(32-40)44-16-8-10-18-52(44)62-54;1-5-13-33(14-6-1)47(34-15-7-2-8-16-34)37-21-23-39-41-25-31-28-44-42(26-32(31)27-43(41)49-45(39)29-37)40-24-22-38(30-46(40)50-44)48(35-17-9-3-10-18-35)36-19-11-4-12-20-36/h1-34H;1-30H. The molecule has 10 nitrogen and oxygen atoms in total. The Balaban J connectivity index is 0.000000140. The van der Waals surface area contributed by atoms with Crippen molar-refractivity contribution in [1.82, 2.24) is 0 Å². The SMILES string of the molecule is c1ccc(N(c2ccc3c(c2)oc2cc4cc5c(cc4cc23)oc2cc(N(c3ccccc3)c3ccc4oc6ccccc6c4c3)ccc25)c2ccc3oc4ccccc4c3c2)cc1.c1ccc(N(c2ccccc2)c2ccc3c(c2)oc2cc4cc5c(cc4cc23)oc2cc(N(c3ccccc3)c3ccccc3)ccc25)cc1. The summed E-state index contributed by atoms with van der Waals surface area (Å²) in [6.45, 7) is 0. The van der Waals surface area contributed by atoms with E-state index in [0.29, 0.717) is 0 Å². The summed E-state index contributed by atoms with van der Waals surface area (Å²) in [6.07, 6.45) is 0. The van der Waals surface area contributed by atoms with Crippen LogP contribution in [0.5, 0.6) is 0 Å². The van der Waals surface area contributed by atoms with Crippen molar-refractivity contribution in [1.29, 1.82) is 0 Å². The van der Waals surface area contributed by atoms with Crippen molar-refractivity contribution in [3.05, 3.63) is 388 Å². The summed E-state index contributed by atoms with van der Waals surface area (Å²) >= 11 is 0. The van der Waals surface area contributed by atoms with E-state index in [0.717, 1.165) is 221 Å². The minimum Gasteiger partial charge on any atom is -0.456 e. The molecule has 0 saturated heterocycles. The zero-order chi connectivity index (χ0) is 74.9. The van der Waals surface area contributed by atoms with Gasteiger partial charge in [-0.05, 0) is 240 Å². The lowest BCUT2D eigenvalue weighted by Crippen LogP contribution is -2.09. The summed E-state index contributed by atoms with van der Waals surface area (Å²) in [5.41, 5.74) is 22.9. The average molecular weight is 1470 g/mol. The van der Waals surface area contributed by atoms with E-state index in [-0.39, 0.29) is 0 Å². The molecular formula is C104H64N4O6. The van der Waals surface area contributed by atoms with Crippen LogP contribution in [-0.4, -0.2) is 0 Å². The van der Waals surface area contributed by atoms with Crippen molar-refractivity contribution < 1.29 is 26.5 Å². The van der Waals surface area contributed by atoms with Gasteiger partial charge in [-0.3, -0.25) is 0 Å². The first-order valence-corrected chi connectivity index (χ1v) is 38.3. The first-order chi connectivity index (χ1) is 56.4. The molecule has 18 aromatic carbocycles. The number of hydrogen-bond acceptors (Lipinski definition) is 10. The second-order valence-corrected chi connectivity index (χ2v) is 29.1. The molecule has 0 unspecified atom stereocenters. The van der Waals surface area contributed by atoms with Crippen molar-refractivity contribution in [2.45, 2.75) is 0 Å². The number of benzene rings is 18. The van der Waals surface area contributed by atoms with Gasteiger partial charge < -0.3 is 46.1 Å². The minimum absolute atomic E-state index is 0.823. The Labute approximate surface area is 651 Å². The fourth-order valence-corrected chi connectivity index (χ4v) is 17.1. The van der Waals surface area contributed by atoms with Crippen molar-refractivity contribution in [3.63, 3.8) is 0 Å². The lowest BCUT2D eigenvalue weighted by atomic mass is 10.0. The van der Waals surface area contributed by atoms with Crippen LogP contribution in [0, 0.1) is 0 Å². The maximum atomic E-state index is 6.71. The summed E-state index contributed by atoms with van der Waals surface area (Å²) in [5, 5.41) is 17.3. The number of hydrogen-bond donors (Lipinski definition) is 0. The minimum atomic E-state index is 0.823. The van der Waals surface area contributed by atoms with Gasteiger partial charge in [-0.2, -0.15) is 0 Å². The fourth-order valence-electron chi connectivity index (χ4n) is 17.1. The molecule has 0 aliphatic heterocycles. The van der Waals surface area contributed by atoms with Crippen LogP contribution in [0.1, 0.15) is 0 Å². The van der Waals surface area contributed by atoms with Crippen LogP contribution in [0.2, 0.25) is 0 Å². The van der Waals surface area contributed by atoms with Crippen molar-refractivity contribution >= 4 is 221 Å². The van der Waals surface area contributed by atoms with Crippen molar-refractivity contribution in [2.24, 2.45) is 0 Å². The van der Waals surface area contributed by atoms with E-state index in [9.17, 15) is 0 Å². The predicted octanol–water partition coefficient (Wildman–Crippen LogP) is 31.0. The highest BCUT2D eigenvalue weighted by Gasteiger charge is 2.24. The lowest BCUT2D eigenvalue weighted by Gasteiger charge is -2.25. The van der Waals surface area contributed by atoms with Crippen LogP contribution in [0.15, 0.2) is 415 Å². The second kappa shape index (κ2) is 26.1. The van der Waals surface area contributed by atoms with Gasteiger partial charge in [0.15, 0.2) is 0 Å². The Kier molecular flexibility index (Phi) is 14.8. The van der Waals surface area contributed by atoms with Crippen LogP contribution in [0.25, 0.3) is 153 Å². The predicted molar refractivity (Wildman–Crippen MR) is 470 cm³/mol. The Morgan fingerprint density at radius 1 is 0.114 bits per heavy atom. The van der Waals surface area contributed by atoms with Gasteiger partial charge in [-0.1, -0.05) is 146 Å². The smallest absolute Gasteiger partial charge is 0.137 e. The molecule has 0 radical (unpaired) electrons. The third-order valence-corrected chi connectivity index (χ3v) is 22.3. The van der Waals surface area contributed by atoms with E-state index in [1.54, 1.807) is 0 Å². The normalized spacial score (nSPS) is 11.9. The number of para-hydroxylation sites is 8. The van der Waals surface area contributed by atoms with E-state index >= 15 is 0 Å². The molecule has 24 aromatic rings. The van der Waals surface area contributed by atoms with Gasteiger partial charge in [0.1, 0.15) is 67.0 Å². The number of anilines is 12. The highest BCUT2D eigenvalue weighted by Crippen LogP contribution is 2.48. The van der Waals surface area contributed by atoms with Gasteiger partial charge in [0.25, 0.3) is 0 Å². The third kappa shape index (κ3) is 10.9. The third-order valence-electron chi connectivity index (χ3n) is 22.3. The van der Waals surface area contributed by atoms with Crippen molar-refractivity contribution in [3.8, 4) is 0 Å². The molecule has 6 aromatic heterocycles. The molecule has 536 valence electrons. The summed E-state index contributed by atoms with van der Waals surface area (Å²) in [4.78, 5) is 9.06. The number of furan rings is 6. The zero-order valence-electron chi connectivity index (χ0n) is 61.2. The highest BCUT2D eigenvalue weighted by molar-refractivity contribution is 6.19. The first-order valence-electron chi connectivity index (χ1n) is 38.3. The molecule has 0 spiro atoms. The summed E-state index contributed by atoms with van der Waals surface area (Å²) in [7, 11) is 0. The van der Waals surface area contributed by atoms with Gasteiger partial charge in [0.05, 0.1) is 0 Å². The van der Waals surface area contributed by atoms with Crippen LogP contribution in [0.4, 0.5) is 68.2 Å². The summed E-state index contributed by atoms with van der Waals surface area (Å²) in [6, 6.07) is 135. The summed E-state index contributed by atoms with van der Waals surface area (Å²) in [5.74, 6) is 0. The lowest BCUT2D eigenvalue weighted by molar-refractivity contribution is 0.668. The van der Waals surface area contributed by atoms with E-state index in [1.165, 1.54) is 0 Å². The quantitative estimate of drug-likeness (QED) is 0.118. The Bertz CT molecular complexity index is 7340. The average Bonchev–Trinajstić information content (AvgIpc) is 1.58. The summed E-state index contributed by atoms with van der Waals surface area (Å²) < 4.78 is 38.9. The number of nitrogens with zero attached hydrogens (tertiary/aromatic N) is 4. The van der Waals surface area contributed by atoms with Gasteiger partial charge in [-0.15, -0.1) is 0 Å². The van der Waals surface area contributed by atoms with Gasteiger partial charge in [0.2, 0.25) is 0 Å². The number of rotatable bonds is 12. The molecule has 0 bridgehead atoms. The molecule has 0 aliphatic carbocycles. The van der Waals surface area contributed by atoms with Crippen LogP contribution in [0.3, 0.4) is 0 Å². The largest absolute Gasteiger partial charge is 0.456 e. The fraction of sp³-hybridized carbons (Fsp3) is 0. The van der Waals surface area contributed by atoms with E-state index in [4.69, 9.17) is 26.5 Å². The Morgan fingerprint density at radius 3 is 0.570 bits per heavy atom. The van der Waals surface area contributed by atoms with E-state index < -0.39 is 0 Å². The molecule has 0 aliphatic rings. The van der Waals surface area contributed by atoms with Gasteiger partial charge in [-0.25, -0.2) is 0 Å². The Hall–Kier alpha value is -15.5. The second-order valence-electron chi connectivity index (χ2n) is 29.1. The molecule has 0 atom stereocenters. The monoisotopic (exact) mass is 1460 g/mol. The van der Waals surface area contributed by atoms with E-state index in [1.807, 2.05) is 60.7 Å². The van der Waals surface area contributed by atoms with Crippen LogP contribution in [-0.2, 0) is 0 Å². The molecule has 0 amide bonds. The highest BCUT2D eigenvalue weighted by atomic mass is 16.3. The van der Waals surface area contributed by atoms with Gasteiger partial charge >= 0.3 is 0 Å². The molecule has 0 fully saturated rings. The molecule has 24 rings (SSSR count). The van der Waals surface area contributed by atoms with E-state index in [2.05, 4.69) is 347 Å². The molecule has 114 heavy (non-hydrogen) atoms. The molecular weight excluding hydrogens is 1400 g/mol. The van der Waals surface area contributed by atoms with Crippen LogP contribution < -0.4 is 19.6 Å². The van der Waals surface area contributed by atoms with Crippen LogP contribution >= 0.6 is 0 Å².